The number of primary amides is 1. The highest BCUT2D eigenvalue weighted by molar-refractivity contribution is 7.89. The number of rotatable bonds is 7. The van der Waals surface area contributed by atoms with Gasteiger partial charge in [-0.25, -0.2) is 12.8 Å². The van der Waals surface area contributed by atoms with Crippen LogP contribution in [-0.2, 0) is 14.8 Å². The minimum Gasteiger partial charge on any atom is -0.490 e. The lowest BCUT2D eigenvalue weighted by atomic mass is 10.1. The summed E-state index contributed by atoms with van der Waals surface area (Å²) in [5, 5.41) is 11.1. The predicted octanol–water partition coefficient (Wildman–Crippen LogP) is 1.59. The molecule has 0 saturated heterocycles. The van der Waals surface area contributed by atoms with E-state index in [2.05, 4.69) is 0 Å². The highest BCUT2D eigenvalue weighted by atomic mass is 32.2. The van der Waals surface area contributed by atoms with Gasteiger partial charge in [-0.05, 0) is 29.8 Å². The zero-order valence-electron chi connectivity index (χ0n) is 14.3. The van der Waals surface area contributed by atoms with Gasteiger partial charge in [0.25, 0.3) is 0 Å². The molecule has 1 amide bonds. The van der Waals surface area contributed by atoms with Crippen molar-refractivity contribution in [2.24, 2.45) is 5.73 Å². The summed E-state index contributed by atoms with van der Waals surface area (Å²) in [6.07, 6.45) is 0. The first kappa shape index (κ1) is 20.3. The molecule has 0 aliphatic rings. The molecular weight excluding hydrogens is 381 g/mol. The van der Waals surface area contributed by atoms with Gasteiger partial charge in [0, 0.05) is 13.1 Å². The molecule has 9 nitrogen and oxygen atoms in total. The molecule has 144 valence electrons. The van der Waals surface area contributed by atoms with Gasteiger partial charge in [0.05, 0.1) is 16.9 Å². The SMILES string of the molecule is COc1ccc(S(=O)(=O)N(C)[C@H](C(N)=O)c2cccc(F)c2)cc1[N+](=O)[O-]. The summed E-state index contributed by atoms with van der Waals surface area (Å²) in [7, 11) is -2.10. The van der Waals surface area contributed by atoms with Gasteiger partial charge < -0.3 is 10.5 Å². The number of hydrogen-bond donors (Lipinski definition) is 1. The number of nitro benzene ring substituents is 1. The van der Waals surface area contributed by atoms with Crippen molar-refractivity contribution in [2.75, 3.05) is 14.2 Å². The molecule has 27 heavy (non-hydrogen) atoms. The maximum atomic E-state index is 13.5. The third-order valence-electron chi connectivity index (χ3n) is 3.82. The largest absolute Gasteiger partial charge is 0.490 e. The number of sulfonamides is 1. The second-order valence-electron chi connectivity index (χ2n) is 5.47. The fourth-order valence-electron chi connectivity index (χ4n) is 2.51. The molecule has 0 unspecified atom stereocenters. The Balaban J connectivity index is 2.55. The lowest BCUT2D eigenvalue weighted by Gasteiger charge is -2.25. The molecule has 2 aromatic carbocycles. The average molecular weight is 397 g/mol. The Hall–Kier alpha value is -3.05. The van der Waals surface area contributed by atoms with Crippen LogP contribution in [0.15, 0.2) is 47.4 Å². The van der Waals surface area contributed by atoms with Crippen molar-refractivity contribution in [3.8, 4) is 5.75 Å². The van der Waals surface area contributed by atoms with Crippen LogP contribution in [0.2, 0.25) is 0 Å². The maximum absolute atomic E-state index is 13.5. The van der Waals surface area contributed by atoms with Crippen molar-refractivity contribution in [3.63, 3.8) is 0 Å². The van der Waals surface area contributed by atoms with Crippen molar-refractivity contribution in [3.05, 3.63) is 64.0 Å². The number of carbonyl (C=O) groups is 1. The summed E-state index contributed by atoms with van der Waals surface area (Å²) in [5.41, 5.74) is 4.79. The van der Waals surface area contributed by atoms with E-state index in [1.807, 2.05) is 0 Å². The summed E-state index contributed by atoms with van der Waals surface area (Å²) in [5.74, 6) is -1.84. The molecule has 11 heteroatoms. The van der Waals surface area contributed by atoms with Crippen LogP contribution >= 0.6 is 0 Å². The van der Waals surface area contributed by atoms with Gasteiger partial charge >= 0.3 is 5.69 Å². The Kier molecular flexibility index (Phi) is 5.76. The molecule has 2 rings (SSSR count). The first-order valence-corrected chi connectivity index (χ1v) is 8.89. The lowest BCUT2D eigenvalue weighted by Crippen LogP contribution is -2.39. The molecule has 0 heterocycles. The smallest absolute Gasteiger partial charge is 0.312 e. The van der Waals surface area contributed by atoms with E-state index >= 15 is 0 Å². The first-order valence-electron chi connectivity index (χ1n) is 7.45. The van der Waals surface area contributed by atoms with E-state index in [9.17, 15) is 27.7 Å². The second kappa shape index (κ2) is 7.68. The number of ether oxygens (including phenoxy) is 1. The highest BCUT2D eigenvalue weighted by Crippen LogP contribution is 2.32. The number of methoxy groups -OCH3 is 1. The van der Waals surface area contributed by atoms with Gasteiger partial charge in [-0.3, -0.25) is 14.9 Å². The third-order valence-corrected chi connectivity index (χ3v) is 5.64. The van der Waals surface area contributed by atoms with Gasteiger partial charge in [0.15, 0.2) is 5.75 Å². The number of nitrogens with zero attached hydrogens (tertiary/aromatic N) is 2. The molecule has 0 fully saturated rings. The molecule has 0 radical (unpaired) electrons. The van der Waals surface area contributed by atoms with Crippen LogP contribution in [0.1, 0.15) is 11.6 Å². The standard InChI is InChI=1S/C16H16FN3O6S/c1-19(15(16(18)21)10-4-3-5-11(17)8-10)27(24,25)12-6-7-14(26-2)13(9-12)20(22)23/h3-9,15H,1-2H3,(H2,18,21)/t15-/m0/s1. The fourth-order valence-corrected chi connectivity index (χ4v) is 3.84. The third kappa shape index (κ3) is 4.04. The number of amides is 1. The van der Waals surface area contributed by atoms with Crippen molar-refractivity contribution < 1.29 is 27.3 Å². The number of nitrogens with two attached hydrogens (primary N) is 1. The zero-order chi connectivity index (χ0) is 20.4. The second-order valence-corrected chi connectivity index (χ2v) is 7.47. The monoisotopic (exact) mass is 397 g/mol. The van der Waals surface area contributed by atoms with Crippen LogP contribution in [0.5, 0.6) is 5.75 Å². The van der Waals surface area contributed by atoms with E-state index in [0.29, 0.717) is 4.31 Å². The molecule has 0 spiro atoms. The van der Waals surface area contributed by atoms with Crippen LogP contribution < -0.4 is 10.5 Å². The number of hydrogen-bond acceptors (Lipinski definition) is 6. The minimum atomic E-state index is -4.38. The fraction of sp³-hybridized carbons (Fsp3) is 0.188. The Morgan fingerprint density at radius 2 is 1.96 bits per heavy atom. The highest BCUT2D eigenvalue weighted by Gasteiger charge is 2.34. The summed E-state index contributed by atoms with van der Waals surface area (Å²) in [4.78, 5) is 21.8. The minimum absolute atomic E-state index is 0.0246. The Morgan fingerprint density at radius 1 is 1.30 bits per heavy atom. The molecule has 0 saturated carbocycles. The van der Waals surface area contributed by atoms with E-state index < -0.39 is 43.3 Å². The van der Waals surface area contributed by atoms with Crippen molar-refractivity contribution in [1.82, 2.24) is 4.31 Å². The number of nitro groups is 1. The van der Waals surface area contributed by atoms with Crippen molar-refractivity contribution >= 4 is 21.6 Å². The molecule has 1 atom stereocenters. The topological polar surface area (TPSA) is 133 Å². The average Bonchev–Trinajstić information content (AvgIpc) is 2.60. The number of likely N-dealkylation sites (N-methyl/N-ethyl adjacent to an activating group) is 1. The van der Waals surface area contributed by atoms with E-state index in [-0.39, 0.29) is 11.3 Å². The van der Waals surface area contributed by atoms with Crippen LogP contribution in [0.4, 0.5) is 10.1 Å². The Bertz CT molecular complexity index is 995. The normalized spacial score (nSPS) is 12.6. The van der Waals surface area contributed by atoms with E-state index in [1.165, 1.54) is 19.2 Å². The van der Waals surface area contributed by atoms with Gasteiger partial charge in [0.2, 0.25) is 15.9 Å². The van der Waals surface area contributed by atoms with Crippen LogP contribution in [0.25, 0.3) is 0 Å². The van der Waals surface area contributed by atoms with Gasteiger partial charge in [-0.15, -0.1) is 0 Å². The molecule has 0 bridgehead atoms. The van der Waals surface area contributed by atoms with Crippen molar-refractivity contribution in [1.29, 1.82) is 0 Å². The van der Waals surface area contributed by atoms with Gasteiger partial charge in [-0.1, -0.05) is 12.1 Å². The molecule has 2 aromatic rings. The Morgan fingerprint density at radius 3 is 2.48 bits per heavy atom. The molecule has 2 N–H and O–H groups in total. The summed E-state index contributed by atoms with van der Waals surface area (Å²) < 4.78 is 44.7. The van der Waals surface area contributed by atoms with Gasteiger partial charge in [-0.2, -0.15) is 4.31 Å². The summed E-state index contributed by atoms with van der Waals surface area (Å²) >= 11 is 0. The molecule has 0 aromatic heterocycles. The Labute approximate surface area is 154 Å². The van der Waals surface area contributed by atoms with E-state index in [0.717, 1.165) is 37.4 Å². The van der Waals surface area contributed by atoms with Crippen molar-refractivity contribution in [2.45, 2.75) is 10.9 Å². The van der Waals surface area contributed by atoms with Crippen LogP contribution in [0.3, 0.4) is 0 Å². The molecular formula is C16H16FN3O6S. The molecule has 0 aliphatic heterocycles. The van der Waals surface area contributed by atoms with Crippen LogP contribution in [-0.4, -0.2) is 37.7 Å². The summed E-state index contributed by atoms with van der Waals surface area (Å²) in [6, 6.07) is 6.30. The number of halogens is 1. The van der Waals surface area contributed by atoms with E-state index in [1.54, 1.807) is 0 Å². The first-order chi connectivity index (χ1) is 12.6. The maximum Gasteiger partial charge on any atom is 0.312 e. The van der Waals surface area contributed by atoms with E-state index in [4.69, 9.17) is 10.5 Å². The predicted molar refractivity (Wildman–Crippen MR) is 92.9 cm³/mol. The molecule has 0 aliphatic carbocycles. The van der Waals surface area contributed by atoms with Crippen LogP contribution in [0, 0.1) is 15.9 Å². The quantitative estimate of drug-likeness (QED) is 0.557. The van der Waals surface area contributed by atoms with Gasteiger partial charge in [0.1, 0.15) is 11.9 Å². The lowest BCUT2D eigenvalue weighted by molar-refractivity contribution is -0.386. The number of carbonyl (C=O) groups excluding carboxylic acids is 1. The zero-order valence-corrected chi connectivity index (χ0v) is 15.1. The summed E-state index contributed by atoms with van der Waals surface area (Å²) in [6.45, 7) is 0. The number of benzene rings is 2.